The molecule has 0 radical (unpaired) electrons. The summed E-state index contributed by atoms with van der Waals surface area (Å²) in [7, 11) is 0. The van der Waals surface area contributed by atoms with Crippen molar-refractivity contribution in [3.8, 4) is 5.75 Å². The third-order valence-corrected chi connectivity index (χ3v) is 4.41. The van der Waals surface area contributed by atoms with Crippen molar-refractivity contribution in [1.29, 1.82) is 0 Å². The van der Waals surface area contributed by atoms with Gasteiger partial charge in [-0.05, 0) is 62.0 Å². The van der Waals surface area contributed by atoms with Gasteiger partial charge in [0.15, 0.2) is 0 Å². The molecule has 3 rings (SSSR count). The van der Waals surface area contributed by atoms with Crippen molar-refractivity contribution in [2.24, 2.45) is 17.6 Å². The fraction of sp³-hybridized carbons (Fsp3) is 0.533. The molecule has 4 N–H and O–H groups in total. The molecule has 0 unspecified atom stereocenters. The molecule has 1 heterocycles. The normalized spacial score (nSPS) is 31.1. The molecule has 4 atom stereocenters. The Hall–Kier alpha value is -1.30. The predicted molar refractivity (Wildman–Crippen MR) is 81.7 cm³/mol. The Bertz CT molecular complexity index is 494. The largest absolute Gasteiger partial charge is 0.488 e. The first kappa shape index (κ1) is 16.1. The molecule has 0 spiro atoms. The molecule has 0 aromatic heterocycles. The molecule has 1 amide bonds. The summed E-state index contributed by atoms with van der Waals surface area (Å²) in [6.07, 6.45) is 1.07. The number of ether oxygens (including phenoxy) is 1. The molecule has 1 saturated carbocycles. The number of primary amides is 1. The maximum absolute atomic E-state index is 11.0. The molecular weight excluding hydrogens is 292 g/mol. The minimum atomic E-state index is -0.450. The molecule has 1 aliphatic heterocycles. The van der Waals surface area contributed by atoms with Gasteiger partial charge in [-0.25, -0.2) is 0 Å². The first-order valence-corrected chi connectivity index (χ1v) is 7.09. The van der Waals surface area contributed by atoms with Crippen molar-refractivity contribution in [1.82, 2.24) is 5.32 Å². The van der Waals surface area contributed by atoms with Crippen molar-refractivity contribution in [2.75, 3.05) is 13.1 Å². The maximum atomic E-state index is 11.0. The quantitative estimate of drug-likeness (QED) is 0.775. The van der Waals surface area contributed by atoms with E-state index >= 15 is 0 Å². The molecule has 21 heavy (non-hydrogen) atoms. The monoisotopic (exact) mass is 312 g/mol. The van der Waals surface area contributed by atoms with Crippen LogP contribution >= 0.6 is 12.4 Å². The number of carbonyl (C=O) groups excluding carboxylic acids is 1. The van der Waals surface area contributed by atoms with E-state index in [1.54, 1.807) is 24.3 Å². The van der Waals surface area contributed by atoms with Gasteiger partial charge in [0.1, 0.15) is 11.9 Å². The molecule has 6 heteroatoms. The fourth-order valence-electron chi connectivity index (χ4n) is 3.26. The highest BCUT2D eigenvalue weighted by molar-refractivity contribution is 5.92. The number of halogens is 1. The molecule has 1 saturated heterocycles. The second kappa shape index (κ2) is 6.64. The van der Waals surface area contributed by atoms with Crippen LogP contribution in [0.3, 0.4) is 0 Å². The molecule has 116 valence electrons. The lowest BCUT2D eigenvalue weighted by Gasteiger charge is -2.35. The highest BCUT2D eigenvalue weighted by atomic mass is 35.5. The van der Waals surface area contributed by atoms with Gasteiger partial charge in [0.05, 0.1) is 6.10 Å². The average molecular weight is 313 g/mol. The van der Waals surface area contributed by atoms with Gasteiger partial charge in [-0.15, -0.1) is 12.4 Å². The zero-order valence-corrected chi connectivity index (χ0v) is 12.5. The number of aliphatic hydroxyl groups is 1. The van der Waals surface area contributed by atoms with Gasteiger partial charge in [0.2, 0.25) is 5.91 Å². The smallest absolute Gasteiger partial charge is 0.248 e. The van der Waals surface area contributed by atoms with Crippen LogP contribution in [0.5, 0.6) is 5.75 Å². The zero-order chi connectivity index (χ0) is 14.1. The summed E-state index contributed by atoms with van der Waals surface area (Å²) in [5, 5.41) is 13.6. The van der Waals surface area contributed by atoms with Crippen LogP contribution in [0.4, 0.5) is 0 Å². The molecule has 5 nitrogen and oxygen atoms in total. The van der Waals surface area contributed by atoms with Gasteiger partial charge in [-0.2, -0.15) is 0 Å². The third-order valence-electron chi connectivity index (χ3n) is 4.41. The minimum Gasteiger partial charge on any atom is -0.488 e. The Balaban J connectivity index is 0.00000161. The number of hydrogen-bond donors (Lipinski definition) is 3. The van der Waals surface area contributed by atoms with E-state index in [4.69, 9.17) is 10.5 Å². The molecular formula is C15H21ClN2O3. The number of hydrogen-bond acceptors (Lipinski definition) is 4. The van der Waals surface area contributed by atoms with Crippen molar-refractivity contribution in [2.45, 2.75) is 25.0 Å². The Morgan fingerprint density at radius 1 is 1.19 bits per heavy atom. The number of fused-ring (bicyclic) bond motifs is 1. The Morgan fingerprint density at radius 3 is 2.43 bits per heavy atom. The SMILES string of the molecule is Cl.NC(=O)c1ccc(O[C@@H]2C[C@@H]3CNC[C@@H]3C[C@H]2O)cc1. The van der Waals surface area contributed by atoms with Crippen LogP contribution < -0.4 is 15.8 Å². The summed E-state index contributed by atoms with van der Waals surface area (Å²) in [6.45, 7) is 2.01. The molecule has 1 aromatic carbocycles. The fourth-order valence-corrected chi connectivity index (χ4v) is 3.26. The summed E-state index contributed by atoms with van der Waals surface area (Å²) >= 11 is 0. The van der Waals surface area contributed by atoms with E-state index in [9.17, 15) is 9.90 Å². The van der Waals surface area contributed by atoms with Gasteiger partial charge < -0.3 is 20.9 Å². The Kier molecular flexibility index (Phi) is 5.08. The summed E-state index contributed by atoms with van der Waals surface area (Å²) in [5.74, 6) is 1.38. The zero-order valence-electron chi connectivity index (χ0n) is 11.7. The van der Waals surface area contributed by atoms with Crippen molar-refractivity contribution in [3.05, 3.63) is 29.8 Å². The van der Waals surface area contributed by atoms with Crippen LogP contribution in [-0.2, 0) is 0 Å². The van der Waals surface area contributed by atoms with Crippen molar-refractivity contribution < 1.29 is 14.6 Å². The van der Waals surface area contributed by atoms with Gasteiger partial charge in [0, 0.05) is 5.56 Å². The number of benzene rings is 1. The third kappa shape index (κ3) is 3.48. The van der Waals surface area contributed by atoms with Crippen LogP contribution in [0.1, 0.15) is 23.2 Å². The summed E-state index contributed by atoms with van der Waals surface area (Å²) in [5.41, 5.74) is 5.66. The van der Waals surface area contributed by atoms with Gasteiger partial charge >= 0.3 is 0 Å². The van der Waals surface area contributed by atoms with Crippen LogP contribution in [0.15, 0.2) is 24.3 Å². The lowest BCUT2D eigenvalue weighted by atomic mass is 9.78. The van der Waals surface area contributed by atoms with Gasteiger partial charge in [-0.3, -0.25) is 4.79 Å². The van der Waals surface area contributed by atoms with Crippen LogP contribution in [0, 0.1) is 11.8 Å². The lowest BCUT2D eigenvalue weighted by Crippen LogP contribution is -2.42. The first-order valence-electron chi connectivity index (χ1n) is 7.09. The summed E-state index contributed by atoms with van der Waals surface area (Å²) in [4.78, 5) is 11.0. The van der Waals surface area contributed by atoms with E-state index in [-0.39, 0.29) is 18.5 Å². The van der Waals surface area contributed by atoms with Crippen LogP contribution in [0.25, 0.3) is 0 Å². The second-order valence-corrected chi connectivity index (χ2v) is 5.76. The van der Waals surface area contributed by atoms with Crippen molar-refractivity contribution >= 4 is 18.3 Å². The average Bonchev–Trinajstić information content (AvgIpc) is 2.87. The van der Waals surface area contributed by atoms with E-state index in [2.05, 4.69) is 5.32 Å². The number of carbonyl (C=O) groups is 1. The Labute approximate surface area is 130 Å². The van der Waals surface area contributed by atoms with E-state index in [0.29, 0.717) is 23.1 Å². The van der Waals surface area contributed by atoms with Crippen LogP contribution in [0.2, 0.25) is 0 Å². The molecule has 0 bridgehead atoms. The maximum Gasteiger partial charge on any atom is 0.248 e. The standard InChI is InChI=1S/C15H20N2O3.ClH/c16-15(19)9-1-3-12(4-2-9)20-14-6-11-8-17-7-10(11)5-13(14)18;/h1-4,10-11,13-14,17-18H,5-8H2,(H2,16,19);1H/t10-,11+,13+,14+;/m0./s1. The molecule has 2 aliphatic rings. The Morgan fingerprint density at radius 2 is 1.81 bits per heavy atom. The summed E-state index contributed by atoms with van der Waals surface area (Å²) in [6, 6.07) is 6.75. The van der Waals surface area contributed by atoms with Crippen molar-refractivity contribution in [3.63, 3.8) is 0 Å². The first-order chi connectivity index (χ1) is 9.63. The topological polar surface area (TPSA) is 84.6 Å². The highest BCUT2D eigenvalue weighted by Crippen LogP contribution is 2.34. The second-order valence-electron chi connectivity index (χ2n) is 5.76. The number of nitrogens with one attached hydrogen (secondary N) is 1. The number of nitrogens with two attached hydrogens (primary N) is 1. The van der Waals surface area contributed by atoms with E-state index in [1.165, 1.54) is 0 Å². The summed E-state index contributed by atoms with van der Waals surface area (Å²) < 4.78 is 5.88. The lowest BCUT2D eigenvalue weighted by molar-refractivity contribution is -0.0231. The van der Waals surface area contributed by atoms with Gasteiger partial charge in [-0.1, -0.05) is 0 Å². The number of rotatable bonds is 3. The predicted octanol–water partition coefficient (Wildman–Crippen LogP) is 0.945. The van der Waals surface area contributed by atoms with E-state index in [0.717, 1.165) is 25.9 Å². The number of aliphatic hydroxyl groups excluding tert-OH is 1. The highest BCUT2D eigenvalue weighted by Gasteiger charge is 2.39. The molecule has 1 aromatic rings. The molecule has 1 aliphatic carbocycles. The van der Waals surface area contributed by atoms with E-state index < -0.39 is 12.0 Å². The van der Waals surface area contributed by atoms with Crippen LogP contribution in [-0.4, -0.2) is 36.3 Å². The van der Waals surface area contributed by atoms with Gasteiger partial charge in [0.25, 0.3) is 0 Å². The van der Waals surface area contributed by atoms with E-state index in [1.807, 2.05) is 0 Å². The molecule has 2 fully saturated rings. The minimum absolute atomic E-state index is 0. The number of amides is 1.